The molecule has 7 N–H and O–H groups in total. The first-order valence-corrected chi connectivity index (χ1v) is 18.9. The van der Waals surface area contributed by atoms with Gasteiger partial charge in [-0.3, -0.25) is 24.0 Å². The van der Waals surface area contributed by atoms with E-state index >= 15 is 0 Å². The van der Waals surface area contributed by atoms with E-state index in [2.05, 4.69) is 40.4 Å². The number of amides is 5. The molecule has 1 rings (SSSR count). The number of rotatable bonds is 15. The fraction of sp³-hybridized carbons (Fsp3) is 0.838. The van der Waals surface area contributed by atoms with Crippen LogP contribution in [0.4, 0.5) is 0 Å². The molecule has 0 bridgehead atoms. The van der Waals surface area contributed by atoms with Gasteiger partial charge in [-0.25, -0.2) is 4.79 Å². The zero-order chi connectivity index (χ0) is 38.8. The van der Waals surface area contributed by atoms with E-state index in [0.717, 1.165) is 25.7 Å². The summed E-state index contributed by atoms with van der Waals surface area (Å²) >= 11 is 0. The maximum atomic E-state index is 13.8. The van der Waals surface area contributed by atoms with Crippen molar-refractivity contribution in [2.75, 3.05) is 6.61 Å². The van der Waals surface area contributed by atoms with Crippen LogP contribution in [-0.4, -0.2) is 94.7 Å². The van der Waals surface area contributed by atoms with Crippen molar-refractivity contribution in [2.45, 2.75) is 169 Å². The number of carbonyl (C=O) groups is 6. The lowest BCUT2D eigenvalue weighted by molar-refractivity contribution is -0.156. The van der Waals surface area contributed by atoms with E-state index in [9.17, 15) is 39.0 Å². The molecule has 5 amide bonds. The summed E-state index contributed by atoms with van der Waals surface area (Å²) in [6, 6.07) is -6.40. The van der Waals surface area contributed by atoms with Crippen molar-refractivity contribution in [3.05, 3.63) is 0 Å². The van der Waals surface area contributed by atoms with E-state index < -0.39 is 84.5 Å². The molecule has 14 nitrogen and oxygen atoms in total. The van der Waals surface area contributed by atoms with Crippen molar-refractivity contribution in [1.82, 2.24) is 26.6 Å². The van der Waals surface area contributed by atoms with E-state index in [1.165, 1.54) is 6.92 Å². The number of hydrogen-bond donors (Lipinski definition) is 7. The van der Waals surface area contributed by atoms with Gasteiger partial charge >= 0.3 is 5.97 Å². The average molecular weight is 726 g/mol. The van der Waals surface area contributed by atoms with Gasteiger partial charge in [0.15, 0.2) is 0 Å². The summed E-state index contributed by atoms with van der Waals surface area (Å²) < 4.78 is 5.97. The Kier molecular flexibility index (Phi) is 20.9. The van der Waals surface area contributed by atoms with Crippen molar-refractivity contribution in [3.8, 4) is 0 Å². The highest BCUT2D eigenvalue weighted by Gasteiger charge is 2.37. The van der Waals surface area contributed by atoms with Gasteiger partial charge in [0.25, 0.3) is 0 Å². The van der Waals surface area contributed by atoms with Crippen LogP contribution in [0.15, 0.2) is 0 Å². The number of hydrogen-bond acceptors (Lipinski definition) is 9. The Morgan fingerprint density at radius 2 is 1.16 bits per heavy atom. The van der Waals surface area contributed by atoms with E-state index in [4.69, 9.17) is 4.74 Å². The summed E-state index contributed by atoms with van der Waals surface area (Å²) in [6.07, 6.45) is 3.51. The quantitative estimate of drug-likeness (QED) is 0.0973. The summed E-state index contributed by atoms with van der Waals surface area (Å²) in [5.74, 6) is -4.35. The SMILES string of the molecule is CC[C@H](C)[C@@H]1NC(=O)[C@@H](CC(C)C)NC(=O)[C@H]([C@@H](C)O)NC(=O)[C@H](CO)NC(=O)[C@@H](CC(C)C)NC(=O)C[C@@H](CCCCCCC(C)C)OC1=O. The Balaban J connectivity index is 3.60. The zero-order valence-electron chi connectivity index (χ0n) is 32.4. The van der Waals surface area contributed by atoms with Crippen LogP contribution >= 0.6 is 0 Å². The minimum atomic E-state index is -1.55. The molecule has 0 saturated carbocycles. The summed E-state index contributed by atoms with van der Waals surface area (Å²) in [6.45, 7) is 15.8. The van der Waals surface area contributed by atoms with Crippen molar-refractivity contribution < 1.29 is 43.7 Å². The smallest absolute Gasteiger partial charge is 0.329 e. The number of unbranched alkanes of at least 4 members (excludes halogenated alkanes) is 3. The molecule has 0 aromatic heterocycles. The van der Waals surface area contributed by atoms with Gasteiger partial charge in [0.1, 0.15) is 36.3 Å². The first-order valence-electron chi connectivity index (χ1n) is 18.9. The third-order valence-corrected chi connectivity index (χ3v) is 9.10. The second-order valence-electron chi connectivity index (χ2n) is 15.4. The van der Waals surface area contributed by atoms with Crippen molar-refractivity contribution in [1.29, 1.82) is 0 Å². The zero-order valence-corrected chi connectivity index (χ0v) is 32.4. The van der Waals surface area contributed by atoms with Gasteiger partial charge in [-0.2, -0.15) is 0 Å². The Labute approximate surface area is 304 Å². The number of aliphatic hydroxyl groups excluding tert-OH is 2. The number of nitrogens with one attached hydrogen (secondary N) is 5. The minimum Gasteiger partial charge on any atom is -0.460 e. The molecule has 1 aliphatic rings. The molecule has 0 aromatic rings. The molecule has 1 saturated heterocycles. The molecule has 294 valence electrons. The molecular weight excluding hydrogens is 658 g/mol. The van der Waals surface area contributed by atoms with Crippen LogP contribution in [0.3, 0.4) is 0 Å². The highest BCUT2D eigenvalue weighted by Crippen LogP contribution is 2.19. The number of aliphatic hydroxyl groups is 2. The Bertz CT molecular complexity index is 1130. The first kappa shape index (κ1) is 45.8. The number of carbonyl (C=O) groups excluding carboxylic acids is 6. The van der Waals surface area contributed by atoms with Gasteiger partial charge in [-0.05, 0) is 56.3 Å². The Morgan fingerprint density at radius 3 is 1.69 bits per heavy atom. The van der Waals surface area contributed by atoms with Crippen LogP contribution in [0, 0.1) is 23.7 Å². The lowest BCUT2D eigenvalue weighted by Gasteiger charge is -2.29. The molecule has 14 heteroatoms. The summed E-state index contributed by atoms with van der Waals surface area (Å²) in [5.41, 5.74) is 0. The van der Waals surface area contributed by atoms with Gasteiger partial charge in [0, 0.05) is 0 Å². The molecular formula is C37H67N5O9. The second kappa shape index (κ2) is 23.3. The van der Waals surface area contributed by atoms with Crippen LogP contribution < -0.4 is 26.6 Å². The second-order valence-corrected chi connectivity index (χ2v) is 15.4. The number of cyclic esters (lactones) is 1. The molecule has 1 aliphatic heterocycles. The molecule has 8 atom stereocenters. The van der Waals surface area contributed by atoms with Crippen LogP contribution in [0.25, 0.3) is 0 Å². The van der Waals surface area contributed by atoms with Gasteiger partial charge in [0.2, 0.25) is 29.5 Å². The van der Waals surface area contributed by atoms with Gasteiger partial charge in [0.05, 0.1) is 19.1 Å². The van der Waals surface area contributed by atoms with Crippen LogP contribution in [0.5, 0.6) is 0 Å². The Hall–Kier alpha value is -3.26. The number of ether oxygens (including phenoxy) is 1. The molecule has 51 heavy (non-hydrogen) atoms. The first-order chi connectivity index (χ1) is 23.9. The summed E-state index contributed by atoms with van der Waals surface area (Å²) in [7, 11) is 0. The van der Waals surface area contributed by atoms with Crippen molar-refractivity contribution >= 4 is 35.5 Å². The summed E-state index contributed by atoms with van der Waals surface area (Å²) in [5, 5.41) is 33.4. The molecule has 1 heterocycles. The van der Waals surface area contributed by atoms with E-state index in [-0.39, 0.29) is 37.0 Å². The third kappa shape index (κ3) is 17.2. The molecule has 0 radical (unpaired) electrons. The molecule has 0 spiro atoms. The van der Waals surface area contributed by atoms with Gasteiger partial charge in [-0.15, -0.1) is 0 Å². The maximum Gasteiger partial charge on any atom is 0.329 e. The predicted octanol–water partition coefficient (Wildman–Crippen LogP) is 2.23. The van der Waals surface area contributed by atoms with E-state index in [1.807, 2.05) is 34.6 Å². The number of esters is 1. The molecule has 1 fully saturated rings. The summed E-state index contributed by atoms with van der Waals surface area (Å²) in [4.78, 5) is 81.2. The largest absolute Gasteiger partial charge is 0.460 e. The average Bonchev–Trinajstić information content (AvgIpc) is 3.03. The van der Waals surface area contributed by atoms with E-state index in [0.29, 0.717) is 25.2 Å². The van der Waals surface area contributed by atoms with Gasteiger partial charge < -0.3 is 41.5 Å². The lowest BCUT2D eigenvalue weighted by Crippen LogP contribution is -2.62. The maximum absolute atomic E-state index is 13.8. The highest BCUT2D eigenvalue weighted by atomic mass is 16.5. The molecule has 0 aromatic carbocycles. The lowest BCUT2D eigenvalue weighted by atomic mass is 9.97. The fourth-order valence-corrected chi connectivity index (χ4v) is 5.89. The standard InChI is InChI=1S/C37H67N5O9/c1-10-24(8)31-37(50)51-26(16-14-12-11-13-15-21(2)3)19-30(45)38-27(17-22(4)5)33(46)40-29(20-43)35(48)42-32(25(9)44)36(49)39-28(18-23(6)7)34(47)41-31/h21-29,31-32,43-44H,10-20H2,1-9H3,(H,38,45)(H,39,49)(H,40,46)(H,41,47)(H,42,48)/t24-,25+,26+,27+,28+,29-,31-,32-/m0/s1. The highest BCUT2D eigenvalue weighted by molar-refractivity contribution is 5.96. The fourth-order valence-electron chi connectivity index (χ4n) is 5.89. The van der Waals surface area contributed by atoms with Crippen LogP contribution in [-0.2, 0) is 33.5 Å². The van der Waals surface area contributed by atoms with E-state index in [1.54, 1.807) is 6.92 Å². The van der Waals surface area contributed by atoms with Crippen LogP contribution in [0.1, 0.15) is 127 Å². The monoisotopic (exact) mass is 725 g/mol. The predicted molar refractivity (Wildman–Crippen MR) is 194 cm³/mol. The van der Waals surface area contributed by atoms with Crippen molar-refractivity contribution in [2.24, 2.45) is 23.7 Å². The third-order valence-electron chi connectivity index (χ3n) is 9.10. The van der Waals surface area contributed by atoms with Gasteiger partial charge in [-0.1, -0.05) is 87.5 Å². The van der Waals surface area contributed by atoms with Crippen LogP contribution in [0.2, 0.25) is 0 Å². The molecule has 0 unspecified atom stereocenters. The topological polar surface area (TPSA) is 212 Å². The van der Waals surface area contributed by atoms with Crippen molar-refractivity contribution in [3.63, 3.8) is 0 Å². The minimum absolute atomic E-state index is 0.0504. The molecule has 0 aliphatic carbocycles. The normalized spacial score (nSPS) is 26.2. The Morgan fingerprint density at radius 1 is 0.647 bits per heavy atom.